The Morgan fingerprint density at radius 1 is 1.16 bits per heavy atom. The molecule has 0 aliphatic rings. The van der Waals surface area contributed by atoms with Gasteiger partial charge >= 0.3 is 4.94 Å². The molecule has 0 spiro atoms. The van der Waals surface area contributed by atoms with E-state index in [4.69, 9.17) is 9.15 Å². The molecule has 0 saturated carbocycles. The second kappa shape index (κ2) is 8.32. The maximum absolute atomic E-state index is 13.5. The third kappa shape index (κ3) is 4.07. The number of pyridine rings is 1. The summed E-state index contributed by atoms with van der Waals surface area (Å²) >= 11 is 0.821. The van der Waals surface area contributed by atoms with E-state index in [0.29, 0.717) is 26.9 Å². The van der Waals surface area contributed by atoms with Gasteiger partial charge in [-0.15, -0.1) is 0 Å². The van der Waals surface area contributed by atoms with E-state index in [-0.39, 0.29) is 16.1 Å². The first-order valence-electron chi connectivity index (χ1n) is 9.16. The van der Waals surface area contributed by atoms with Gasteiger partial charge in [0.1, 0.15) is 11.3 Å². The minimum Gasteiger partial charge on any atom is -0.494 e. The van der Waals surface area contributed by atoms with Crippen molar-refractivity contribution < 1.29 is 22.4 Å². The number of carbonyl (C=O) groups excluding carboxylic acids is 1. The van der Waals surface area contributed by atoms with Gasteiger partial charge in [0.15, 0.2) is 0 Å². The van der Waals surface area contributed by atoms with Crippen molar-refractivity contribution in [1.29, 1.82) is 0 Å². The van der Waals surface area contributed by atoms with E-state index < -0.39 is 20.9 Å². The molecule has 4 aromatic rings. The van der Waals surface area contributed by atoms with Crippen LogP contribution in [0.25, 0.3) is 10.3 Å². The Morgan fingerprint density at radius 2 is 1.94 bits per heavy atom. The van der Waals surface area contributed by atoms with Crippen LogP contribution in [0.5, 0.6) is 5.75 Å². The zero-order valence-corrected chi connectivity index (χ0v) is 17.9. The number of aromatic nitrogens is 1. The van der Waals surface area contributed by atoms with E-state index in [2.05, 4.69) is 4.98 Å². The molecule has 0 aliphatic carbocycles. The van der Waals surface area contributed by atoms with E-state index in [9.17, 15) is 18.0 Å². The standard InChI is InChI=1S/C21H16N2O6S2/c1-2-28-16-6-8-17(9-7-16)31(26,27)23(20(24)14-4-3-11-22-13-14)15-5-10-18-19(12-15)30-21(25)29-18/h3-13H,2H2,1H3. The highest BCUT2D eigenvalue weighted by Crippen LogP contribution is 2.30. The molecule has 8 nitrogen and oxygen atoms in total. The normalized spacial score (nSPS) is 11.4. The molecular formula is C21H16N2O6S2. The predicted molar refractivity (Wildman–Crippen MR) is 116 cm³/mol. The molecule has 0 N–H and O–H groups in total. The number of fused-ring (bicyclic) bond motifs is 1. The van der Waals surface area contributed by atoms with Crippen molar-refractivity contribution in [2.24, 2.45) is 0 Å². The highest BCUT2D eigenvalue weighted by molar-refractivity contribution is 7.93. The number of benzene rings is 2. The fraction of sp³-hybridized carbons (Fsp3) is 0.0952. The van der Waals surface area contributed by atoms with E-state index in [0.717, 1.165) is 11.3 Å². The monoisotopic (exact) mass is 456 g/mol. The Morgan fingerprint density at radius 3 is 2.61 bits per heavy atom. The Labute approximate surface area is 181 Å². The van der Waals surface area contributed by atoms with Crippen LogP contribution in [-0.2, 0) is 10.0 Å². The average molecular weight is 457 g/mol. The third-order valence-corrected chi connectivity index (χ3v) is 6.83. The lowest BCUT2D eigenvalue weighted by molar-refractivity contribution is 0.100. The van der Waals surface area contributed by atoms with Crippen LogP contribution >= 0.6 is 11.3 Å². The van der Waals surface area contributed by atoms with Crippen molar-refractivity contribution in [3.63, 3.8) is 0 Å². The van der Waals surface area contributed by atoms with E-state index in [1.165, 1.54) is 60.9 Å². The molecule has 0 atom stereocenters. The number of ether oxygens (including phenoxy) is 1. The van der Waals surface area contributed by atoms with Crippen molar-refractivity contribution >= 4 is 43.2 Å². The molecule has 4 rings (SSSR count). The molecule has 158 valence electrons. The molecule has 0 radical (unpaired) electrons. The molecule has 0 saturated heterocycles. The number of carbonyl (C=O) groups is 1. The number of nitrogens with zero attached hydrogens (tertiary/aromatic N) is 2. The third-order valence-electron chi connectivity index (χ3n) is 4.31. The maximum Gasteiger partial charge on any atom is 0.396 e. The molecule has 31 heavy (non-hydrogen) atoms. The number of amides is 1. The molecule has 1 amide bonds. The molecule has 2 heterocycles. The summed E-state index contributed by atoms with van der Waals surface area (Å²) < 4.78 is 38.6. The summed E-state index contributed by atoms with van der Waals surface area (Å²) in [6, 6.07) is 13.1. The molecule has 10 heteroatoms. The molecule has 0 aliphatic heterocycles. The number of sulfonamides is 1. The van der Waals surface area contributed by atoms with Crippen LogP contribution in [0.3, 0.4) is 0 Å². The van der Waals surface area contributed by atoms with Crippen LogP contribution < -0.4 is 14.0 Å². The van der Waals surface area contributed by atoms with Gasteiger partial charge in [-0.05, 0) is 61.5 Å². The van der Waals surface area contributed by atoms with Crippen LogP contribution in [0, 0.1) is 0 Å². The second-order valence-electron chi connectivity index (χ2n) is 6.31. The van der Waals surface area contributed by atoms with Gasteiger partial charge < -0.3 is 9.15 Å². The van der Waals surface area contributed by atoms with Gasteiger partial charge in [0.25, 0.3) is 15.9 Å². The number of hydrogen-bond donors (Lipinski definition) is 0. The van der Waals surface area contributed by atoms with Crippen LogP contribution in [-0.4, -0.2) is 25.9 Å². The molecule has 0 bridgehead atoms. The fourth-order valence-corrected chi connectivity index (χ4v) is 5.05. The number of hydrogen-bond acceptors (Lipinski definition) is 8. The zero-order valence-electron chi connectivity index (χ0n) is 16.2. The van der Waals surface area contributed by atoms with Crippen LogP contribution in [0.4, 0.5) is 5.69 Å². The Kier molecular flexibility index (Phi) is 5.57. The largest absolute Gasteiger partial charge is 0.494 e. The van der Waals surface area contributed by atoms with Gasteiger partial charge in [-0.3, -0.25) is 9.78 Å². The summed E-state index contributed by atoms with van der Waals surface area (Å²) in [6.07, 6.45) is 2.77. The second-order valence-corrected chi connectivity index (χ2v) is 9.07. The smallest absolute Gasteiger partial charge is 0.396 e. The highest BCUT2D eigenvalue weighted by Gasteiger charge is 2.32. The van der Waals surface area contributed by atoms with E-state index >= 15 is 0 Å². The van der Waals surface area contributed by atoms with Gasteiger partial charge in [-0.1, -0.05) is 11.3 Å². The zero-order chi connectivity index (χ0) is 22.0. The first kappa shape index (κ1) is 20.8. The lowest BCUT2D eigenvalue weighted by Gasteiger charge is -2.22. The van der Waals surface area contributed by atoms with Crippen LogP contribution in [0.2, 0.25) is 0 Å². The lowest BCUT2D eigenvalue weighted by atomic mass is 10.2. The predicted octanol–water partition coefficient (Wildman–Crippen LogP) is 3.68. The summed E-state index contributed by atoms with van der Waals surface area (Å²) in [5.41, 5.74) is 0.482. The molecule has 2 aromatic carbocycles. The molecular weight excluding hydrogens is 440 g/mol. The van der Waals surface area contributed by atoms with Crippen molar-refractivity contribution in [3.8, 4) is 5.75 Å². The van der Waals surface area contributed by atoms with Gasteiger partial charge in [-0.25, -0.2) is 13.2 Å². The summed E-state index contributed by atoms with van der Waals surface area (Å²) in [6.45, 7) is 2.25. The van der Waals surface area contributed by atoms with Gasteiger partial charge in [-0.2, -0.15) is 4.31 Å². The highest BCUT2D eigenvalue weighted by atomic mass is 32.2. The minimum absolute atomic E-state index is 0.0762. The minimum atomic E-state index is -4.30. The van der Waals surface area contributed by atoms with Gasteiger partial charge in [0.05, 0.1) is 27.5 Å². The average Bonchev–Trinajstić information content (AvgIpc) is 3.14. The van der Waals surface area contributed by atoms with Crippen LogP contribution in [0.1, 0.15) is 17.3 Å². The number of rotatable bonds is 6. The van der Waals surface area contributed by atoms with Crippen molar-refractivity contribution in [2.75, 3.05) is 10.9 Å². The van der Waals surface area contributed by atoms with Crippen molar-refractivity contribution in [3.05, 3.63) is 82.3 Å². The topological polar surface area (TPSA) is 107 Å². The van der Waals surface area contributed by atoms with Crippen molar-refractivity contribution in [1.82, 2.24) is 4.98 Å². The molecule has 0 fully saturated rings. The summed E-state index contributed by atoms with van der Waals surface area (Å²) in [4.78, 5) is 28.1. The van der Waals surface area contributed by atoms with Crippen molar-refractivity contribution in [2.45, 2.75) is 11.8 Å². The summed E-state index contributed by atoms with van der Waals surface area (Å²) in [7, 11) is -4.30. The Hall–Kier alpha value is -3.50. The summed E-state index contributed by atoms with van der Waals surface area (Å²) in [5, 5.41) is 0. The van der Waals surface area contributed by atoms with E-state index in [1.54, 1.807) is 6.07 Å². The van der Waals surface area contributed by atoms with Crippen LogP contribution in [0.15, 0.2) is 81.1 Å². The summed E-state index contributed by atoms with van der Waals surface area (Å²) in [5.74, 6) is -0.270. The van der Waals surface area contributed by atoms with E-state index in [1.807, 2.05) is 6.92 Å². The first-order chi connectivity index (χ1) is 14.9. The van der Waals surface area contributed by atoms with Gasteiger partial charge in [0.2, 0.25) is 0 Å². The number of anilines is 1. The fourth-order valence-electron chi connectivity index (χ4n) is 2.94. The Balaban J connectivity index is 1.86. The SMILES string of the molecule is CCOc1ccc(S(=O)(=O)N(C(=O)c2cccnc2)c2ccc3oc(=O)sc3c2)cc1. The first-order valence-corrected chi connectivity index (χ1v) is 11.4. The lowest BCUT2D eigenvalue weighted by Crippen LogP contribution is -2.37. The Bertz CT molecular complexity index is 1390. The quantitative estimate of drug-likeness (QED) is 0.436. The molecule has 2 aromatic heterocycles. The maximum atomic E-state index is 13.5. The van der Waals surface area contributed by atoms with Gasteiger partial charge in [0, 0.05) is 12.4 Å². The molecule has 0 unspecified atom stereocenters.